The summed E-state index contributed by atoms with van der Waals surface area (Å²) in [6.07, 6.45) is 3.29. The number of benzene rings is 1. The van der Waals surface area contributed by atoms with E-state index in [4.69, 9.17) is 0 Å². The summed E-state index contributed by atoms with van der Waals surface area (Å²) in [6.45, 7) is 7.52. The number of carbonyl (C=O) groups excluding carboxylic acids is 2. The lowest BCUT2D eigenvalue weighted by molar-refractivity contribution is -0.139. The van der Waals surface area contributed by atoms with E-state index in [2.05, 4.69) is 21.6 Å². The monoisotopic (exact) mass is 379 g/mol. The van der Waals surface area contributed by atoms with Gasteiger partial charge in [0.1, 0.15) is 0 Å². The molecule has 4 rings (SSSR count). The first-order valence-electron chi connectivity index (χ1n) is 10.3. The van der Waals surface area contributed by atoms with Crippen LogP contribution in [-0.4, -0.2) is 58.8 Å². The Morgan fingerprint density at radius 3 is 2.29 bits per heavy atom. The fourth-order valence-corrected chi connectivity index (χ4v) is 4.35. The molecule has 28 heavy (non-hydrogen) atoms. The maximum Gasteiger partial charge on any atom is 0.225 e. The Morgan fingerprint density at radius 1 is 1.00 bits per heavy atom. The van der Waals surface area contributed by atoms with Crippen molar-refractivity contribution in [2.24, 2.45) is 5.92 Å². The first-order chi connectivity index (χ1) is 13.5. The summed E-state index contributed by atoms with van der Waals surface area (Å²) in [7, 11) is 0. The minimum Gasteiger partial charge on any atom is -0.340 e. The van der Waals surface area contributed by atoms with Crippen LogP contribution in [0.2, 0.25) is 0 Å². The van der Waals surface area contributed by atoms with Gasteiger partial charge in [-0.15, -0.1) is 0 Å². The van der Waals surface area contributed by atoms with Crippen molar-refractivity contribution in [1.82, 2.24) is 14.4 Å². The Kier molecular flexibility index (Phi) is 5.36. The Labute approximate surface area is 166 Å². The maximum absolute atomic E-state index is 13.0. The van der Waals surface area contributed by atoms with E-state index in [1.54, 1.807) is 0 Å². The topological polar surface area (TPSA) is 45.6 Å². The molecule has 5 heteroatoms. The van der Waals surface area contributed by atoms with E-state index in [9.17, 15) is 9.59 Å². The van der Waals surface area contributed by atoms with E-state index in [-0.39, 0.29) is 11.7 Å². The molecular formula is C23H29N3O2. The summed E-state index contributed by atoms with van der Waals surface area (Å²) in [6, 6.07) is 12.2. The largest absolute Gasteiger partial charge is 0.340 e. The van der Waals surface area contributed by atoms with E-state index >= 15 is 0 Å². The van der Waals surface area contributed by atoms with Crippen LogP contribution < -0.4 is 0 Å². The second kappa shape index (κ2) is 7.92. The van der Waals surface area contributed by atoms with E-state index in [1.807, 2.05) is 43.0 Å². The van der Waals surface area contributed by atoms with Gasteiger partial charge in [0.2, 0.25) is 5.91 Å². The molecule has 0 bridgehead atoms. The first kappa shape index (κ1) is 18.9. The van der Waals surface area contributed by atoms with Crippen molar-refractivity contribution in [3.63, 3.8) is 0 Å². The molecule has 2 aliphatic rings. The molecular weight excluding hydrogens is 350 g/mol. The van der Waals surface area contributed by atoms with Crippen molar-refractivity contribution in [3.8, 4) is 5.69 Å². The normalized spacial score (nSPS) is 18.1. The minimum absolute atomic E-state index is 0.161. The summed E-state index contributed by atoms with van der Waals surface area (Å²) < 4.78 is 2.14. The van der Waals surface area contributed by atoms with Gasteiger partial charge in [0.25, 0.3) is 0 Å². The molecule has 1 amide bonds. The molecule has 2 aromatic rings. The van der Waals surface area contributed by atoms with Crippen molar-refractivity contribution in [1.29, 1.82) is 0 Å². The molecule has 1 aromatic heterocycles. The smallest absolute Gasteiger partial charge is 0.225 e. The zero-order valence-corrected chi connectivity index (χ0v) is 16.9. The van der Waals surface area contributed by atoms with Crippen LogP contribution in [0.15, 0.2) is 36.4 Å². The SMILES string of the molecule is Cc1cc(C(=O)CN2CCN(C(=O)C3CCC3)CC2)c(C)n1-c1ccccc1. The first-order valence-corrected chi connectivity index (χ1v) is 10.3. The van der Waals surface area contributed by atoms with Gasteiger partial charge in [-0.1, -0.05) is 24.6 Å². The highest BCUT2D eigenvalue weighted by atomic mass is 16.2. The molecule has 5 nitrogen and oxygen atoms in total. The number of piperazine rings is 1. The number of carbonyl (C=O) groups is 2. The molecule has 1 aromatic carbocycles. The lowest BCUT2D eigenvalue weighted by Gasteiger charge is -2.38. The highest BCUT2D eigenvalue weighted by Crippen LogP contribution is 2.28. The molecule has 0 unspecified atom stereocenters. The second-order valence-electron chi connectivity index (χ2n) is 8.11. The average Bonchev–Trinajstić information content (AvgIpc) is 2.96. The Balaban J connectivity index is 1.39. The number of para-hydroxylation sites is 1. The predicted molar refractivity (Wildman–Crippen MR) is 110 cm³/mol. The van der Waals surface area contributed by atoms with E-state index in [0.717, 1.165) is 61.7 Å². The highest BCUT2D eigenvalue weighted by molar-refractivity contribution is 5.99. The number of ketones is 1. The standard InChI is InChI=1S/C23H29N3O2/c1-17-15-21(18(2)26(17)20-9-4-3-5-10-20)22(27)16-24-11-13-25(14-12-24)23(28)19-7-6-8-19/h3-5,9-10,15,19H,6-8,11-14,16H2,1-2H3. The van der Waals surface area contributed by atoms with Gasteiger partial charge in [-0.2, -0.15) is 0 Å². The summed E-state index contributed by atoms with van der Waals surface area (Å²) in [5, 5.41) is 0. The highest BCUT2D eigenvalue weighted by Gasteiger charge is 2.31. The molecule has 1 aliphatic heterocycles. The second-order valence-corrected chi connectivity index (χ2v) is 8.11. The van der Waals surface area contributed by atoms with Gasteiger partial charge in [0, 0.05) is 54.7 Å². The predicted octanol–water partition coefficient (Wildman–Crippen LogP) is 3.22. The number of nitrogens with zero attached hydrogens (tertiary/aromatic N) is 3. The summed E-state index contributed by atoms with van der Waals surface area (Å²) in [5.74, 6) is 0.745. The van der Waals surface area contributed by atoms with Crippen molar-refractivity contribution >= 4 is 11.7 Å². The van der Waals surface area contributed by atoms with Crippen LogP contribution in [0.4, 0.5) is 0 Å². The molecule has 0 N–H and O–H groups in total. The van der Waals surface area contributed by atoms with E-state index < -0.39 is 0 Å². The quantitative estimate of drug-likeness (QED) is 0.750. The van der Waals surface area contributed by atoms with Crippen LogP contribution in [0.25, 0.3) is 5.69 Å². The third kappa shape index (κ3) is 3.63. The van der Waals surface area contributed by atoms with Gasteiger partial charge in [-0.05, 0) is 44.9 Å². The summed E-state index contributed by atoms with van der Waals surface area (Å²) in [5.41, 5.74) is 3.95. The third-order valence-corrected chi connectivity index (χ3v) is 6.25. The lowest BCUT2D eigenvalue weighted by Crippen LogP contribution is -2.52. The number of aromatic nitrogens is 1. The van der Waals surface area contributed by atoms with Crippen molar-refractivity contribution in [3.05, 3.63) is 53.3 Å². The van der Waals surface area contributed by atoms with Crippen LogP contribution in [0.1, 0.15) is 41.0 Å². The molecule has 2 heterocycles. The molecule has 0 spiro atoms. The van der Waals surface area contributed by atoms with Crippen LogP contribution in [0.3, 0.4) is 0 Å². The van der Waals surface area contributed by atoms with Gasteiger partial charge >= 0.3 is 0 Å². The van der Waals surface area contributed by atoms with Crippen LogP contribution >= 0.6 is 0 Å². The van der Waals surface area contributed by atoms with Crippen molar-refractivity contribution in [2.45, 2.75) is 33.1 Å². The molecule has 1 saturated heterocycles. The van der Waals surface area contributed by atoms with Gasteiger partial charge in [-0.3, -0.25) is 14.5 Å². The molecule has 0 radical (unpaired) electrons. The summed E-state index contributed by atoms with van der Waals surface area (Å²) in [4.78, 5) is 29.5. The van der Waals surface area contributed by atoms with E-state index in [1.165, 1.54) is 6.42 Å². The maximum atomic E-state index is 13.0. The third-order valence-electron chi connectivity index (χ3n) is 6.25. The van der Waals surface area contributed by atoms with Crippen LogP contribution in [0.5, 0.6) is 0 Å². The Morgan fingerprint density at radius 2 is 1.68 bits per heavy atom. The molecule has 1 aliphatic carbocycles. The zero-order chi connectivity index (χ0) is 19.7. The lowest BCUT2D eigenvalue weighted by atomic mass is 9.84. The molecule has 1 saturated carbocycles. The van der Waals surface area contributed by atoms with Gasteiger partial charge in [-0.25, -0.2) is 0 Å². The number of rotatable bonds is 5. The molecule has 2 fully saturated rings. The number of hydrogen-bond acceptors (Lipinski definition) is 3. The molecule has 0 atom stereocenters. The van der Waals surface area contributed by atoms with Gasteiger partial charge in [0.05, 0.1) is 6.54 Å². The van der Waals surface area contributed by atoms with Crippen molar-refractivity contribution < 1.29 is 9.59 Å². The Bertz CT molecular complexity index is 859. The average molecular weight is 380 g/mol. The zero-order valence-electron chi connectivity index (χ0n) is 16.9. The van der Waals surface area contributed by atoms with Crippen molar-refractivity contribution in [2.75, 3.05) is 32.7 Å². The van der Waals surface area contributed by atoms with E-state index in [0.29, 0.717) is 12.5 Å². The minimum atomic E-state index is 0.161. The fourth-order valence-electron chi connectivity index (χ4n) is 4.35. The fraction of sp³-hybridized carbons (Fsp3) is 0.478. The number of amides is 1. The summed E-state index contributed by atoms with van der Waals surface area (Å²) >= 11 is 0. The van der Waals surface area contributed by atoms with Gasteiger partial charge in [0.15, 0.2) is 5.78 Å². The van der Waals surface area contributed by atoms with Crippen LogP contribution in [-0.2, 0) is 4.79 Å². The Hall–Kier alpha value is -2.40. The van der Waals surface area contributed by atoms with Gasteiger partial charge < -0.3 is 9.47 Å². The molecule has 148 valence electrons. The number of hydrogen-bond donors (Lipinski definition) is 0. The number of aryl methyl sites for hydroxylation is 1. The van der Waals surface area contributed by atoms with Crippen LogP contribution in [0, 0.1) is 19.8 Å². The number of Topliss-reactive ketones (excluding diaryl/α,β-unsaturated/α-hetero) is 1.